The second-order valence-corrected chi connectivity index (χ2v) is 7.59. The van der Waals surface area contributed by atoms with Crippen LogP contribution in [0.4, 0.5) is 24.5 Å². The highest BCUT2D eigenvalue weighted by molar-refractivity contribution is 6.31. The number of halogens is 4. The van der Waals surface area contributed by atoms with Crippen LogP contribution in [0.3, 0.4) is 0 Å². The zero-order valence-corrected chi connectivity index (χ0v) is 16.8. The molecule has 0 unspecified atom stereocenters. The first kappa shape index (κ1) is 20.4. The van der Waals surface area contributed by atoms with E-state index in [-0.39, 0.29) is 11.6 Å². The third-order valence-electron chi connectivity index (χ3n) is 5.03. The normalized spacial score (nSPS) is 14.4. The summed E-state index contributed by atoms with van der Waals surface area (Å²) in [6, 6.07) is 7.08. The number of aryl methyl sites for hydroxylation is 1. The fourth-order valence-corrected chi connectivity index (χ4v) is 3.75. The van der Waals surface area contributed by atoms with E-state index >= 15 is 0 Å². The Morgan fingerprint density at radius 3 is 2.60 bits per heavy atom. The van der Waals surface area contributed by atoms with Gasteiger partial charge in [0.05, 0.1) is 21.8 Å². The molecule has 1 aliphatic heterocycles. The van der Waals surface area contributed by atoms with Crippen LogP contribution in [-0.4, -0.2) is 33.9 Å². The number of likely N-dealkylation sites (tertiary alicyclic amines) is 1. The van der Waals surface area contributed by atoms with Gasteiger partial charge < -0.3 is 10.2 Å². The average Bonchev–Trinajstić information content (AvgIpc) is 3.23. The molecule has 0 bridgehead atoms. The van der Waals surface area contributed by atoms with Crippen molar-refractivity contribution in [2.24, 2.45) is 0 Å². The van der Waals surface area contributed by atoms with E-state index in [0.717, 1.165) is 24.6 Å². The molecule has 1 aliphatic rings. The Kier molecular flexibility index (Phi) is 5.27. The predicted octanol–water partition coefficient (Wildman–Crippen LogP) is 5.59. The topological polar surface area (TPSA) is 58.1 Å². The van der Waals surface area contributed by atoms with Crippen LogP contribution in [0.15, 0.2) is 36.5 Å². The quantitative estimate of drug-likeness (QED) is 0.583. The number of alkyl halides is 3. The lowest BCUT2D eigenvalue weighted by atomic mass is 10.1. The molecule has 0 radical (unpaired) electrons. The first-order valence-electron chi connectivity index (χ1n) is 9.43. The van der Waals surface area contributed by atoms with Crippen molar-refractivity contribution in [1.29, 1.82) is 0 Å². The summed E-state index contributed by atoms with van der Waals surface area (Å²) in [5, 5.41) is 3.15. The SMILES string of the molecule is Cc1ccc2c(Nc3ccc(Cl)c(C(F)(F)F)c3)c(C(=O)N3CCCC3)cnc2n1. The van der Waals surface area contributed by atoms with Crippen LogP contribution in [0.5, 0.6) is 0 Å². The van der Waals surface area contributed by atoms with Gasteiger partial charge in [-0.25, -0.2) is 9.97 Å². The van der Waals surface area contributed by atoms with Crippen LogP contribution in [0, 0.1) is 6.92 Å². The van der Waals surface area contributed by atoms with Gasteiger partial charge in [-0.05, 0) is 50.1 Å². The molecule has 3 heterocycles. The van der Waals surface area contributed by atoms with Crippen molar-refractivity contribution in [2.45, 2.75) is 25.9 Å². The average molecular weight is 435 g/mol. The summed E-state index contributed by atoms with van der Waals surface area (Å²) in [7, 11) is 0. The molecule has 0 saturated carbocycles. The number of aromatic nitrogens is 2. The first-order valence-corrected chi connectivity index (χ1v) is 9.81. The van der Waals surface area contributed by atoms with Gasteiger partial charge in [0.25, 0.3) is 5.91 Å². The van der Waals surface area contributed by atoms with Gasteiger partial charge in [0.1, 0.15) is 0 Å². The van der Waals surface area contributed by atoms with Crippen LogP contribution in [0.25, 0.3) is 11.0 Å². The minimum absolute atomic E-state index is 0.162. The summed E-state index contributed by atoms with van der Waals surface area (Å²) in [6.07, 6.45) is -1.33. The molecule has 4 rings (SSSR count). The molecule has 1 saturated heterocycles. The second-order valence-electron chi connectivity index (χ2n) is 7.19. The maximum atomic E-state index is 13.3. The largest absolute Gasteiger partial charge is 0.417 e. The Bertz CT molecular complexity index is 1130. The number of anilines is 2. The standard InChI is InChI=1S/C21H18ClF3N4O/c1-12-4-6-14-18(28-13-5-7-17(22)16(10-13)21(23,24)25)15(11-26-19(14)27-12)20(30)29-8-2-3-9-29/h4-7,10-11H,2-3,8-9H2,1H3,(H,26,27,28). The number of fused-ring (bicyclic) bond motifs is 1. The van der Waals surface area contributed by atoms with E-state index in [2.05, 4.69) is 15.3 Å². The van der Waals surface area contributed by atoms with Gasteiger partial charge >= 0.3 is 6.18 Å². The van der Waals surface area contributed by atoms with Crippen LogP contribution in [-0.2, 0) is 6.18 Å². The highest BCUT2D eigenvalue weighted by Crippen LogP contribution is 2.38. The Morgan fingerprint density at radius 1 is 1.17 bits per heavy atom. The molecule has 30 heavy (non-hydrogen) atoms. The van der Waals surface area contributed by atoms with E-state index in [9.17, 15) is 18.0 Å². The molecular weight excluding hydrogens is 417 g/mol. The monoisotopic (exact) mass is 434 g/mol. The van der Waals surface area contributed by atoms with Gasteiger partial charge in [0.2, 0.25) is 0 Å². The summed E-state index contributed by atoms with van der Waals surface area (Å²) in [4.78, 5) is 23.5. The van der Waals surface area contributed by atoms with Gasteiger partial charge in [-0.15, -0.1) is 0 Å². The maximum Gasteiger partial charge on any atom is 0.417 e. The van der Waals surface area contributed by atoms with Gasteiger partial charge in [-0.1, -0.05) is 11.6 Å². The lowest BCUT2D eigenvalue weighted by Crippen LogP contribution is -2.28. The second kappa shape index (κ2) is 7.75. The summed E-state index contributed by atoms with van der Waals surface area (Å²) < 4.78 is 39.9. The van der Waals surface area contributed by atoms with Crippen molar-refractivity contribution in [3.63, 3.8) is 0 Å². The summed E-state index contributed by atoms with van der Waals surface area (Å²) in [5.41, 5.74) is 1.02. The number of amides is 1. The zero-order valence-electron chi connectivity index (χ0n) is 16.1. The molecule has 1 N–H and O–H groups in total. The molecule has 1 amide bonds. The summed E-state index contributed by atoms with van der Waals surface area (Å²) in [5.74, 6) is -0.213. The minimum Gasteiger partial charge on any atom is -0.354 e. The molecule has 1 fully saturated rings. The Labute approximate surface area is 175 Å². The number of carbonyl (C=O) groups excluding carboxylic acids is 1. The Hall–Kier alpha value is -2.87. The van der Waals surface area contributed by atoms with Crippen molar-refractivity contribution in [2.75, 3.05) is 18.4 Å². The van der Waals surface area contributed by atoms with E-state index in [0.29, 0.717) is 35.4 Å². The molecule has 0 atom stereocenters. The number of nitrogens with zero attached hydrogens (tertiary/aromatic N) is 3. The molecule has 2 aromatic heterocycles. The van der Waals surface area contributed by atoms with Gasteiger partial charge in [0.15, 0.2) is 5.65 Å². The highest BCUT2D eigenvalue weighted by Gasteiger charge is 2.33. The number of rotatable bonds is 3. The van der Waals surface area contributed by atoms with E-state index in [1.165, 1.54) is 18.3 Å². The minimum atomic E-state index is -4.60. The first-order chi connectivity index (χ1) is 14.2. The molecule has 9 heteroatoms. The Morgan fingerprint density at radius 2 is 1.90 bits per heavy atom. The number of carbonyl (C=O) groups is 1. The van der Waals surface area contributed by atoms with Crippen molar-refractivity contribution < 1.29 is 18.0 Å². The van der Waals surface area contributed by atoms with Gasteiger partial charge in [0, 0.05) is 36.1 Å². The van der Waals surface area contributed by atoms with Crippen molar-refractivity contribution in [3.05, 3.63) is 58.4 Å². The summed E-state index contributed by atoms with van der Waals surface area (Å²) in [6.45, 7) is 3.09. The van der Waals surface area contributed by atoms with E-state index in [4.69, 9.17) is 11.6 Å². The van der Waals surface area contributed by atoms with E-state index in [1.807, 2.05) is 6.92 Å². The summed E-state index contributed by atoms with van der Waals surface area (Å²) >= 11 is 5.74. The zero-order chi connectivity index (χ0) is 21.5. The highest BCUT2D eigenvalue weighted by atomic mass is 35.5. The number of nitrogens with one attached hydrogen (secondary N) is 1. The van der Waals surface area contributed by atoms with Gasteiger partial charge in [-0.2, -0.15) is 13.2 Å². The third-order valence-corrected chi connectivity index (χ3v) is 5.36. The third kappa shape index (κ3) is 3.92. The smallest absolute Gasteiger partial charge is 0.354 e. The van der Waals surface area contributed by atoms with Crippen molar-refractivity contribution >= 4 is 39.9 Å². The Balaban J connectivity index is 1.84. The van der Waals surface area contributed by atoms with Crippen molar-refractivity contribution in [1.82, 2.24) is 14.9 Å². The fraction of sp³-hybridized carbons (Fsp3) is 0.286. The predicted molar refractivity (Wildman–Crippen MR) is 109 cm³/mol. The molecule has 1 aromatic carbocycles. The van der Waals surface area contributed by atoms with E-state index in [1.54, 1.807) is 17.0 Å². The van der Waals surface area contributed by atoms with Crippen molar-refractivity contribution in [3.8, 4) is 0 Å². The van der Waals surface area contributed by atoms with E-state index < -0.39 is 16.8 Å². The van der Waals surface area contributed by atoms with Crippen LogP contribution < -0.4 is 5.32 Å². The number of hydrogen-bond donors (Lipinski definition) is 1. The molecule has 0 aliphatic carbocycles. The number of benzene rings is 1. The fourth-order valence-electron chi connectivity index (χ4n) is 3.52. The number of pyridine rings is 2. The van der Waals surface area contributed by atoms with Crippen LogP contribution in [0.1, 0.15) is 34.5 Å². The maximum absolute atomic E-state index is 13.3. The molecule has 156 valence electrons. The molecular formula is C21H18ClF3N4O. The lowest BCUT2D eigenvalue weighted by Gasteiger charge is -2.20. The van der Waals surface area contributed by atoms with Crippen LogP contribution in [0.2, 0.25) is 5.02 Å². The van der Waals surface area contributed by atoms with Gasteiger partial charge in [-0.3, -0.25) is 4.79 Å². The number of hydrogen-bond acceptors (Lipinski definition) is 4. The lowest BCUT2D eigenvalue weighted by molar-refractivity contribution is -0.137. The van der Waals surface area contributed by atoms with Crippen LogP contribution >= 0.6 is 11.6 Å². The molecule has 0 spiro atoms. The molecule has 3 aromatic rings. The molecule has 5 nitrogen and oxygen atoms in total.